The van der Waals surface area contributed by atoms with Gasteiger partial charge in [-0.3, -0.25) is 4.99 Å². The molecule has 0 atom stereocenters. The molecule has 0 aromatic heterocycles. The molecule has 7 heteroatoms. The zero-order valence-corrected chi connectivity index (χ0v) is 12.1. The van der Waals surface area contributed by atoms with E-state index in [1.807, 2.05) is 0 Å². The van der Waals surface area contributed by atoms with Gasteiger partial charge in [-0.2, -0.15) is 13.2 Å². The summed E-state index contributed by atoms with van der Waals surface area (Å²) in [4.78, 5) is 3.96. The van der Waals surface area contributed by atoms with Gasteiger partial charge in [0.05, 0.1) is 23.4 Å². The van der Waals surface area contributed by atoms with Crippen LogP contribution in [0.15, 0.2) is 41.4 Å². The van der Waals surface area contributed by atoms with Crippen LogP contribution in [-0.4, -0.2) is 18.4 Å². The molecule has 0 bridgehead atoms. The number of hydrogen-bond acceptors (Lipinski definition) is 3. The van der Waals surface area contributed by atoms with E-state index in [1.165, 1.54) is 25.5 Å². The van der Waals surface area contributed by atoms with Crippen LogP contribution in [0, 0.1) is 0 Å². The molecule has 3 nitrogen and oxygen atoms in total. The minimum Gasteiger partial charge on any atom is -0.504 e. The molecule has 0 aliphatic rings. The third-order valence-corrected chi connectivity index (χ3v) is 3.15. The van der Waals surface area contributed by atoms with Crippen molar-refractivity contribution in [1.82, 2.24) is 0 Å². The van der Waals surface area contributed by atoms with Crippen LogP contribution in [0.1, 0.15) is 11.1 Å². The number of ether oxygens (including phenoxy) is 1. The van der Waals surface area contributed by atoms with Crippen molar-refractivity contribution in [3.63, 3.8) is 0 Å². The smallest absolute Gasteiger partial charge is 0.416 e. The molecule has 0 unspecified atom stereocenters. The summed E-state index contributed by atoms with van der Waals surface area (Å²) in [6.45, 7) is 0. The zero-order valence-electron chi connectivity index (χ0n) is 11.4. The van der Waals surface area contributed by atoms with Crippen LogP contribution in [0.4, 0.5) is 18.9 Å². The topological polar surface area (TPSA) is 41.8 Å². The molecule has 0 radical (unpaired) electrons. The van der Waals surface area contributed by atoms with Gasteiger partial charge in [0.2, 0.25) is 0 Å². The second kappa shape index (κ2) is 6.27. The molecule has 0 aliphatic heterocycles. The fourth-order valence-corrected chi connectivity index (χ4v) is 1.87. The Morgan fingerprint density at radius 1 is 1.18 bits per heavy atom. The molecule has 2 aromatic carbocycles. The number of alkyl halides is 3. The van der Waals surface area contributed by atoms with Gasteiger partial charge in [-0.1, -0.05) is 11.6 Å². The Balaban J connectivity index is 2.34. The molecule has 0 spiro atoms. The first-order chi connectivity index (χ1) is 10.3. The molecule has 0 aliphatic carbocycles. The number of methoxy groups -OCH3 is 1. The third-order valence-electron chi connectivity index (χ3n) is 2.83. The number of phenols is 1. The first-order valence-electron chi connectivity index (χ1n) is 6.09. The molecule has 116 valence electrons. The summed E-state index contributed by atoms with van der Waals surface area (Å²) in [6, 6.07) is 7.35. The normalized spacial score (nSPS) is 11.9. The molecular formula is C15H11ClF3NO2. The van der Waals surface area contributed by atoms with E-state index in [2.05, 4.69) is 4.99 Å². The average Bonchev–Trinajstić information content (AvgIpc) is 2.46. The second-order valence-electron chi connectivity index (χ2n) is 4.35. The lowest BCUT2D eigenvalue weighted by molar-refractivity contribution is -0.137. The quantitative estimate of drug-likeness (QED) is 0.820. The third kappa shape index (κ3) is 3.71. The predicted molar refractivity (Wildman–Crippen MR) is 78.4 cm³/mol. The van der Waals surface area contributed by atoms with E-state index in [0.29, 0.717) is 5.56 Å². The maximum atomic E-state index is 12.7. The van der Waals surface area contributed by atoms with Crippen molar-refractivity contribution in [2.45, 2.75) is 6.18 Å². The molecule has 0 saturated carbocycles. The first kappa shape index (κ1) is 16.2. The summed E-state index contributed by atoms with van der Waals surface area (Å²) >= 11 is 5.85. The molecule has 2 aromatic rings. The van der Waals surface area contributed by atoms with E-state index in [4.69, 9.17) is 16.3 Å². The van der Waals surface area contributed by atoms with Gasteiger partial charge in [-0.05, 0) is 42.0 Å². The number of aromatic hydroxyl groups is 1. The average molecular weight is 330 g/mol. The second-order valence-corrected chi connectivity index (χ2v) is 4.76. The lowest BCUT2D eigenvalue weighted by Crippen LogP contribution is -2.04. The Kier molecular flexibility index (Phi) is 4.61. The summed E-state index contributed by atoms with van der Waals surface area (Å²) < 4.78 is 42.9. The van der Waals surface area contributed by atoms with Gasteiger partial charge in [0.25, 0.3) is 0 Å². The Morgan fingerprint density at radius 3 is 2.55 bits per heavy atom. The van der Waals surface area contributed by atoms with Gasteiger partial charge < -0.3 is 9.84 Å². The van der Waals surface area contributed by atoms with Crippen molar-refractivity contribution in [3.05, 3.63) is 52.5 Å². The van der Waals surface area contributed by atoms with Gasteiger partial charge in [-0.25, -0.2) is 0 Å². The number of benzene rings is 2. The Bertz CT molecular complexity index is 714. The zero-order chi connectivity index (χ0) is 16.3. The molecular weight excluding hydrogens is 319 g/mol. The molecule has 1 N–H and O–H groups in total. The summed E-state index contributed by atoms with van der Waals surface area (Å²) in [7, 11) is 1.39. The van der Waals surface area contributed by atoms with Crippen molar-refractivity contribution in [2.75, 3.05) is 7.11 Å². The molecule has 0 saturated heterocycles. The van der Waals surface area contributed by atoms with Crippen LogP contribution in [0.2, 0.25) is 5.02 Å². The Hall–Kier alpha value is -2.21. The van der Waals surface area contributed by atoms with Crippen molar-refractivity contribution in [1.29, 1.82) is 0 Å². The van der Waals surface area contributed by atoms with E-state index in [0.717, 1.165) is 18.2 Å². The Morgan fingerprint density at radius 2 is 1.91 bits per heavy atom. The number of halogens is 4. The van der Waals surface area contributed by atoms with Crippen LogP contribution in [0.5, 0.6) is 11.5 Å². The molecule has 0 amide bonds. The summed E-state index contributed by atoms with van der Waals surface area (Å²) in [5.74, 6) is 0.191. The van der Waals surface area contributed by atoms with Crippen molar-refractivity contribution in [3.8, 4) is 11.5 Å². The van der Waals surface area contributed by atoms with Crippen molar-refractivity contribution in [2.24, 2.45) is 4.99 Å². The first-order valence-corrected chi connectivity index (χ1v) is 6.47. The SMILES string of the molecule is COc1cc(C=Nc2cc(C(F)(F)F)ccc2Cl)ccc1O. The largest absolute Gasteiger partial charge is 0.504 e. The van der Waals surface area contributed by atoms with Crippen LogP contribution >= 0.6 is 11.6 Å². The van der Waals surface area contributed by atoms with Crippen LogP contribution in [0.3, 0.4) is 0 Å². The van der Waals surface area contributed by atoms with Crippen molar-refractivity contribution >= 4 is 23.5 Å². The highest BCUT2D eigenvalue weighted by Crippen LogP contribution is 2.35. The van der Waals surface area contributed by atoms with Crippen LogP contribution < -0.4 is 4.74 Å². The number of rotatable bonds is 3. The van der Waals surface area contributed by atoms with E-state index >= 15 is 0 Å². The van der Waals surface area contributed by atoms with Gasteiger partial charge in [0.1, 0.15) is 0 Å². The molecule has 0 heterocycles. The van der Waals surface area contributed by atoms with E-state index < -0.39 is 11.7 Å². The minimum absolute atomic E-state index is 0.00327. The fraction of sp³-hybridized carbons (Fsp3) is 0.133. The molecule has 22 heavy (non-hydrogen) atoms. The number of aliphatic imine (C=N–C) groups is 1. The highest BCUT2D eigenvalue weighted by atomic mass is 35.5. The monoisotopic (exact) mass is 329 g/mol. The standard InChI is InChI=1S/C15H11ClF3NO2/c1-22-14-6-9(2-5-13(14)21)8-20-12-7-10(15(17,18)19)3-4-11(12)16/h2-8,21H,1H3. The lowest BCUT2D eigenvalue weighted by Gasteiger charge is -2.08. The number of nitrogens with zero attached hydrogens (tertiary/aromatic N) is 1. The number of phenolic OH excluding ortho intramolecular Hbond substituents is 1. The van der Waals surface area contributed by atoms with E-state index in [1.54, 1.807) is 6.07 Å². The maximum absolute atomic E-state index is 12.7. The van der Waals surface area contributed by atoms with E-state index in [9.17, 15) is 18.3 Å². The fourth-order valence-electron chi connectivity index (χ4n) is 1.71. The van der Waals surface area contributed by atoms with Gasteiger partial charge in [0.15, 0.2) is 11.5 Å². The van der Waals surface area contributed by atoms with Gasteiger partial charge >= 0.3 is 6.18 Å². The Labute approximate surface area is 129 Å². The van der Waals surface area contributed by atoms with Gasteiger partial charge in [0, 0.05) is 6.21 Å². The summed E-state index contributed by atoms with van der Waals surface area (Å²) in [5, 5.41) is 9.58. The molecule has 2 rings (SSSR count). The minimum atomic E-state index is -4.46. The van der Waals surface area contributed by atoms with Crippen LogP contribution in [-0.2, 0) is 6.18 Å². The molecule has 0 fully saturated rings. The highest BCUT2D eigenvalue weighted by molar-refractivity contribution is 6.33. The maximum Gasteiger partial charge on any atom is 0.416 e. The summed E-state index contributed by atoms with van der Waals surface area (Å²) in [6.07, 6.45) is -3.13. The van der Waals surface area contributed by atoms with Gasteiger partial charge in [-0.15, -0.1) is 0 Å². The predicted octanol–water partition coefficient (Wildman–Crippen LogP) is 4.82. The van der Waals surface area contributed by atoms with Crippen LogP contribution in [0.25, 0.3) is 0 Å². The van der Waals surface area contributed by atoms with E-state index in [-0.39, 0.29) is 22.2 Å². The summed E-state index contributed by atoms with van der Waals surface area (Å²) in [5.41, 5.74) is -0.279. The lowest BCUT2D eigenvalue weighted by atomic mass is 10.2. The highest BCUT2D eigenvalue weighted by Gasteiger charge is 2.30. The number of hydrogen-bond donors (Lipinski definition) is 1. The van der Waals surface area contributed by atoms with Crippen molar-refractivity contribution < 1.29 is 23.0 Å².